The lowest BCUT2D eigenvalue weighted by Crippen LogP contribution is -2.83. The second-order valence-corrected chi connectivity index (χ2v) is 7.05. The summed E-state index contributed by atoms with van der Waals surface area (Å²) in [6, 6.07) is 8.13. The van der Waals surface area contributed by atoms with Gasteiger partial charge in [0.15, 0.2) is 28.6 Å². The molecule has 1 aromatic rings. The second-order valence-electron chi connectivity index (χ2n) is 7.05. The molecule has 1 aromatic carbocycles. The van der Waals surface area contributed by atoms with Gasteiger partial charge in [0.25, 0.3) is 0 Å². The number of hydrogen-bond donors (Lipinski definition) is 4. The Morgan fingerprint density at radius 3 is 2.07 bits per heavy atom. The molecular formula is C19H24O8. The van der Waals surface area contributed by atoms with Crippen molar-refractivity contribution < 1.29 is 39.5 Å². The van der Waals surface area contributed by atoms with Gasteiger partial charge >= 0.3 is 0 Å². The van der Waals surface area contributed by atoms with E-state index in [-0.39, 0.29) is 0 Å². The lowest BCUT2D eigenvalue weighted by atomic mass is 9.60. The number of carbonyl (C=O) groups excluding carboxylic acids is 3. The zero-order valence-corrected chi connectivity index (χ0v) is 15.4. The lowest BCUT2D eigenvalue weighted by Gasteiger charge is -2.57. The largest absolute Gasteiger partial charge is 0.382 e. The zero-order chi connectivity index (χ0) is 20.6. The Hall–Kier alpha value is -1.97. The van der Waals surface area contributed by atoms with Gasteiger partial charge in [0.1, 0.15) is 17.8 Å². The fraction of sp³-hybridized carbons (Fsp3) is 0.526. The molecule has 0 amide bonds. The molecule has 5 atom stereocenters. The number of ether oxygens (including phenoxy) is 1. The summed E-state index contributed by atoms with van der Waals surface area (Å²) in [5, 5.41) is 43.8. The monoisotopic (exact) mass is 380 g/mol. The smallest absolute Gasteiger partial charge is 0.184 e. The first kappa shape index (κ1) is 21.3. The first-order valence-corrected chi connectivity index (χ1v) is 8.45. The molecule has 27 heavy (non-hydrogen) atoms. The Labute approximate surface area is 156 Å². The molecule has 1 fully saturated rings. The molecular weight excluding hydrogens is 356 g/mol. The summed E-state index contributed by atoms with van der Waals surface area (Å²) in [6.45, 7) is 2.12. The zero-order valence-electron chi connectivity index (χ0n) is 15.4. The van der Waals surface area contributed by atoms with Crippen LogP contribution in [0.1, 0.15) is 26.3 Å². The lowest BCUT2D eigenvalue weighted by molar-refractivity contribution is -0.316. The van der Waals surface area contributed by atoms with Crippen LogP contribution in [0.4, 0.5) is 0 Å². The number of benzene rings is 1. The van der Waals surface area contributed by atoms with Crippen LogP contribution in [0.25, 0.3) is 0 Å². The summed E-state index contributed by atoms with van der Waals surface area (Å²) in [5.41, 5.74) is -7.90. The Balaban J connectivity index is 2.72. The van der Waals surface area contributed by atoms with Crippen molar-refractivity contribution in [1.29, 1.82) is 0 Å². The van der Waals surface area contributed by atoms with Crippen LogP contribution in [0.3, 0.4) is 0 Å². The number of hydrogen-bond acceptors (Lipinski definition) is 8. The first-order chi connectivity index (χ1) is 12.4. The van der Waals surface area contributed by atoms with Crippen molar-refractivity contribution in [2.45, 2.75) is 56.2 Å². The minimum Gasteiger partial charge on any atom is -0.382 e. The van der Waals surface area contributed by atoms with Crippen molar-refractivity contribution in [2.24, 2.45) is 0 Å². The Morgan fingerprint density at radius 1 is 1.07 bits per heavy atom. The second kappa shape index (κ2) is 7.21. The van der Waals surface area contributed by atoms with E-state index in [1.54, 1.807) is 30.3 Å². The first-order valence-electron chi connectivity index (χ1n) is 8.45. The highest BCUT2D eigenvalue weighted by Gasteiger charge is 2.73. The minimum atomic E-state index is -2.92. The van der Waals surface area contributed by atoms with Gasteiger partial charge < -0.3 is 25.2 Å². The van der Waals surface area contributed by atoms with Crippen molar-refractivity contribution in [3.63, 3.8) is 0 Å². The van der Waals surface area contributed by atoms with Crippen LogP contribution in [-0.2, 0) is 25.5 Å². The van der Waals surface area contributed by atoms with E-state index in [4.69, 9.17) is 4.74 Å². The van der Waals surface area contributed by atoms with E-state index in [2.05, 4.69) is 0 Å². The van der Waals surface area contributed by atoms with Gasteiger partial charge in [0, 0.05) is 6.42 Å². The number of carbonyl (C=O) groups is 3. The van der Waals surface area contributed by atoms with Crippen molar-refractivity contribution in [3.05, 3.63) is 35.9 Å². The molecule has 4 N–H and O–H groups in total. The summed E-state index contributed by atoms with van der Waals surface area (Å²) in [5.74, 6) is -2.81. The van der Waals surface area contributed by atoms with Gasteiger partial charge in [0.05, 0.1) is 6.61 Å². The van der Waals surface area contributed by atoms with E-state index in [1.165, 1.54) is 0 Å². The van der Waals surface area contributed by atoms with Crippen LogP contribution in [0.2, 0.25) is 0 Å². The SMILES string of the molecule is CC(=O)C(O)[C@H]1OC[C@](O)(C(C)=O)[C@@](O)(Cc2ccccc2)[C@@]1(O)C(C)=O. The van der Waals surface area contributed by atoms with Crippen molar-refractivity contribution in [3.8, 4) is 0 Å². The number of aliphatic hydroxyl groups is 4. The molecule has 1 unspecified atom stereocenters. The molecule has 0 spiro atoms. The third-order valence-corrected chi connectivity index (χ3v) is 5.32. The molecule has 148 valence electrons. The maximum Gasteiger partial charge on any atom is 0.184 e. The van der Waals surface area contributed by atoms with Gasteiger partial charge in [-0.15, -0.1) is 0 Å². The number of Topliss-reactive ketones (excluding diaryl/α,β-unsaturated/α-hetero) is 3. The Bertz CT molecular complexity index is 747. The van der Waals surface area contributed by atoms with Gasteiger partial charge in [-0.2, -0.15) is 0 Å². The van der Waals surface area contributed by atoms with Crippen molar-refractivity contribution in [2.75, 3.05) is 6.61 Å². The van der Waals surface area contributed by atoms with Crippen LogP contribution < -0.4 is 0 Å². The average molecular weight is 380 g/mol. The van der Waals surface area contributed by atoms with Crippen molar-refractivity contribution in [1.82, 2.24) is 0 Å². The predicted octanol–water partition coefficient (Wildman–Crippen LogP) is -1.05. The molecule has 0 aromatic heterocycles. The maximum atomic E-state index is 12.4. The van der Waals surface area contributed by atoms with E-state index in [1.807, 2.05) is 0 Å². The van der Waals surface area contributed by atoms with E-state index >= 15 is 0 Å². The molecule has 0 aliphatic carbocycles. The van der Waals surface area contributed by atoms with Crippen LogP contribution in [0.15, 0.2) is 30.3 Å². The molecule has 1 heterocycles. The highest BCUT2D eigenvalue weighted by molar-refractivity contribution is 5.94. The van der Waals surface area contributed by atoms with E-state index < -0.39 is 59.4 Å². The summed E-state index contributed by atoms with van der Waals surface area (Å²) in [6.07, 6.45) is -4.30. The fourth-order valence-electron chi connectivity index (χ4n) is 3.59. The molecule has 1 saturated heterocycles. The van der Waals surface area contributed by atoms with Crippen LogP contribution in [0, 0.1) is 0 Å². The molecule has 0 saturated carbocycles. The molecule has 1 aliphatic heterocycles. The van der Waals surface area contributed by atoms with Gasteiger partial charge in [0.2, 0.25) is 0 Å². The third-order valence-electron chi connectivity index (χ3n) is 5.32. The van der Waals surface area contributed by atoms with E-state index in [0.717, 1.165) is 20.8 Å². The molecule has 0 radical (unpaired) electrons. The average Bonchev–Trinajstić information content (AvgIpc) is 2.60. The molecule has 2 rings (SSSR count). The molecule has 8 heteroatoms. The molecule has 1 aliphatic rings. The van der Waals surface area contributed by atoms with Crippen LogP contribution in [-0.4, -0.2) is 73.4 Å². The number of ketones is 3. The maximum absolute atomic E-state index is 12.4. The van der Waals surface area contributed by atoms with Gasteiger partial charge in [-0.25, -0.2) is 0 Å². The standard InChI is InChI=1S/C19H24O8/c1-11(20)15(23)16-19(26,13(3)22)18(25,9-14-7-5-4-6-8-14)17(24,10-27-16)12(2)21/h4-8,15-16,23-26H,9-10H2,1-3H3/t15?,16-,17+,18+,19-/m1/s1. The van der Waals surface area contributed by atoms with E-state index in [0.29, 0.717) is 5.56 Å². The third kappa shape index (κ3) is 3.13. The summed E-state index contributed by atoms with van der Waals surface area (Å²) < 4.78 is 5.22. The summed E-state index contributed by atoms with van der Waals surface area (Å²) >= 11 is 0. The molecule has 0 bridgehead atoms. The summed E-state index contributed by atoms with van der Waals surface area (Å²) in [7, 11) is 0. The highest BCUT2D eigenvalue weighted by atomic mass is 16.5. The molecule has 8 nitrogen and oxygen atoms in total. The van der Waals surface area contributed by atoms with Gasteiger partial charge in [-0.1, -0.05) is 30.3 Å². The highest BCUT2D eigenvalue weighted by Crippen LogP contribution is 2.45. The number of aliphatic hydroxyl groups excluding tert-OH is 1. The quantitative estimate of drug-likeness (QED) is 0.490. The van der Waals surface area contributed by atoms with Gasteiger partial charge in [-0.05, 0) is 26.3 Å². The summed E-state index contributed by atoms with van der Waals surface area (Å²) in [4.78, 5) is 36.3. The fourth-order valence-corrected chi connectivity index (χ4v) is 3.59. The minimum absolute atomic E-state index is 0.414. The predicted molar refractivity (Wildman–Crippen MR) is 92.8 cm³/mol. The number of rotatable bonds is 6. The van der Waals surface area contributed by atoms with Crippen molar-refractivity contribution >= 4 is 17.3 Å². The Kier molecular flexibility index (Phi) is 5.70. The van der Waals surface area contributed by atoms with Crippen LogP contribution in [0.5, 0.6) is 0 Å². The topological polar surface area (TPSA) is 141 Å². The Morgan fingerprint density at radius 2 is 1.63 bits per heavy atom. The van der Waals surface area contributed by atoms with Crippen LogP contribution >= 0.6 is 0 Å². The van der Waals surface area contributed by atoms with Gasteiger partial charge in [-0.3, -0.25) is 14.4 Å². The normalized spacial score (nSPS) is 34.7. The van der Waals surface area contributed by atoms with E-state index in [9.17, 15) is 34.8 Å².